The molecule has 0 spiro atoms. The van der Waals surface area contributed by atoms with Gasteiger partial charge in [0.1, 0.15) is 5.02 Å². The molecule has 172 valence electrons. The van der Waals surface area contributed by atoms with E-state index in [1.165, 1.54) is 4.68 Å². The van der Waals surface area contributed by atoms with Crippen LogP contribution in [0.1, 0.15) is 16.2 Å². The number of piperazine rings is 1. The fourth-order valence-electron chi connectivity index (χ4n) is 4.12. The van der Waals surface area contributed by atoms with Crippen LogP contribution in [0.4, 0.5) is 5.69 Å². The number of nitrogens with zero attached hydrogens (tertiary/aromatic N) is 6. The first-order chi connectivity index (χ1) is 16.5. The number of amides is 1. The number of carbonyl (C=O) groups excluding carboxylic acids is 1. The minimum absolute atomic E-state index is 0.110. The van der Waals surface area contributed by atoms with Gasteiger partial charge in [-0.3, -0.25) is 9.59 Å². The Morgan fingerprint density at radius 1 is 0.882 bits per heavy atom. The smallest absolute Gasteiger partial charge is 0.292 e. The molecule has 34 heavy (non-hydrogen) atoms. The third-order valence-corrected chi connectivity index (χ3v) is 6.27. The summed E-state index contributed by atoms with van der Waals surface area (Å²) in [5.41, 5.74) is 3.09. The summed E-state index contributed by atoms with van der Waals surface area (Å²) >= 11 is 6.45. The quantitative estimate of drug-likeness (QED) is 0.453. The van der Waals surface area contributed by atoms with Crippen LogP contribution in [0, 0.1) is 6.92 Å². The van der Waals surface area contributed by atoms with E-state index in [4.69, 9.17) is 11.6 Å². The Bertz CT molecular complexity index is 1380. The lowest BCUT2D eigenvalue weighted by Gasteiger charge is -2.35. The number of hydrogen-bond donors (Lipinski definition) is 0. The van der Waals surface area contributed by atoms with Crippen LogP contribution in [0.5, 0.6) is 0 Å². The van der Waals surface area contributed by atoms with Crippen molar-refractivity contribution in [2.75, 3.05) is 31.1 Å². The van der Waals surface area contributed by atoms with Crippen LogP contribution in [-0.4, -0.2) is 56.5 Å². The molecule has 2 aromatic carbocycles. The summed E-state index contributed by atoms with van der Waals surface area (Å²) in [5, 5.41) is 8.97. The molecular formula is C25H23ClN6O2. The van der Waals surface area contributed by atoms with Gasteiger partial charge >= 0.3 is 0 Å². The first kappa shape index (κ1) is 21.9. The fourth-order valence-corrected chi connectivity index (χ4v) is 4.37. The van der Waals surface area contributed by atoms with Gasteiger partial charge in [0, 0.05) is 31.9 Å². The molecule has 4 aromatic rings. The number of carbonyl (C=O) groups is 1. The highest BCUT2D eigenvalue weighted by molar-refractivity contribution is 6.33. The summed E-state index contributed by atoms with van der Waals surface area (Å²) < 4.78 is 3.06. The van der Waals surface area contributed by atoms with E-state index in [1.54, 1.807) is 27.9 Å². The molecule has 0 N–H and O–H groups in total. The number of para-hydroxylation sites is 2. The van der Waals surface area contributed by atoms with Crippen LogP contribution >= 0.6 is 11.6 Å². The molecule has 0 saturated carbocycles. The fraction of sp³-hybridized carbons (Fsp3) is 0.200. The van der Waals surface area contributed by atoms with Gasteiger partial charge < -0.3 is 9.80 Å². The molecule has 5 rings (SSSR count). The highest BCUT2D eigenvalue weighted by atomic mass is 35.5. The molecule has 0 atom stereocenters. The second kappa shape index (κ2) is 9.15. The summed E-state index contributed by atoms with van der Waals surface area (Å²) in [5.74, 6) is -0.110. The Balaban J connectivity index is 1.30. The monoisotopic (exact) mass is 474 g/mol. The SMILES string of the molecule is Cc1cc(C(=O)N2CCN(c3cnn(-c4ccccc4)c(=O)c3Cl)CC2)nn1-c1ccccc1. The lowest BCUT2D eigenvalue weighted by molar-refractivity contribution is 0.0740. The second-order valence-electron chi connectivity index (χ2n) is 8.09. The zero-order chi connectivity index (χ0) is 23.7. The maximum absolute atomic E-state index is 13.1. The second-order valence-corrected chi connectivity index (χ2v) is 8.47. The van der Waals surface area contributed by atoms with Crippen LogP contribution in [0.15, 0.2) is 77.7 Å². The largest absolute Gasteiger partial charge is 0.365 e. The van der Waals surface area contributed by atoms with E-state index in [0.717, 1.165) is 11.4 Å². The molecule has 0 bridgehead atoms. The van der Waals surface area contributed by atoms with Crippen molar-refractivity contribution in [1.29, 1.82) is 0 Å². The zero-order valence-corrected chi connectivity index (χ0v) is 19.4. The number of aromatic nitrogens is 4. The number of benzene rings is 2. The van der Waals surface area contributed by atoms with Gasteiger partial charge in [-0.2, -0.15) is 14.9 Å². The first-order valence-electron chi connectivity index (χ1n) is 11.0. The van der Waals surface area contributed by atoms with Crippen LogP contribution in [0.2, 0.25) is 5.02 Å². The summed E-state index contributed by atoms with van der Waals surface area (Å²) in [6.45, 7) is 4.00. The zero-order valence-electron chi connectivity index (χ0n) is 18.6. The Kier molecular flexibility index (Phi) is 5.90. The standard InChI is InChI=1S/C25H23ClN6O2/c1-18-16-21(28-31(18)19-8-4-2-5-9-19)24(33)30-14-12-29(13-15-30)22-17-27-32(25(34)23(22)26)20-10-6-3-7-11-20/h2-11,16-17H,12-15H2,1H3. The van der Waals surface area contributed by atoms with E-state index in [0.29, 0.717) is 43.2 Å². The normalized spacial score (nSPS) is 13.8. The van der Waals surface area contributed by atoms with E-state index in [9.17, 15) is 9.59 Å². The molecule has 1 aliphatic rings. The summed E-state index contributed by atoms with van der Waals surface area (Å²) in [6.07, 6.45) is 1.61. The van der Waals surface area contributed by atoms with Crippen molar-refractivity contribution in [1.82, 2.24) is 24.5 Å². The van der Waals surface area contributed by atoms with Gasteiger partial charge in [0.15, 0.2) is 5.69 Å². The minimum Gasteiger partial charge on any atom is -0.365 e. The Labute approximate surface area is 201 Å². The molecule has 3 heterocycles. The molecule has 0 radical (unpaired) electrons. The van der Waals surface area contributed by atoms with Gasteiger partial charge in [0.25, 0.3) is 11.5 Å². The van der Waals surface area contributed by atoms with Crippen molar-refractivity contribution >= 4 is 23.2 Å². The summed E-state index contributed by atoms with van der Waals surface area (Å²) in [4.78, 5) is 29.7. The van der Waals surface area contributed by atoms with E-state index in [-0.39, 0.29) is 16.5 Å². The van der Waals surface area contributed by atoms with Crippen molar-refractivity contribution < 1.29 is 4.79 Å². The molecule has 0 aliphatic carbocycles. The molecule has 9 heteroatoms. The molecule has 2 aromatic heterocycles. The van der Waals surface area contributed by atoms with E-state index < -0.39 is 0 Å². The maximum atomic E-state index is 13.1. The molecule has 8 nitrogen and oxygen atoms in total. The van der Waals surface area contributed by atoms with Crippen LogP contribution in [0.25, 0.3) is 11.4 Å². The van der Waals surface area contributed by atoms with Gasteiger partial charge in [-0.05, 0) is 37.3 Å². The van der Waals surface area contributed by atoms with Crippen LogP contribution in [0.3, 0.4) is 0 Å². The molecule has 1 saturated heterocycles. The first-order valence-corrected chi connectivity index (χ1v) is 11.4. The third kappa shape index (κ3) is 4.08. The lowest BCUT2D eigenvalue weighted by Crippen LogP contribution is -2.49. The molecular weight excluding hydrogens is 452 g/mol. The number of halogens is 1. The number of hydrogen-bond acceptors (Lipinski definition) is 5. The maximum Gasteiger partial charge on any atom is 0.292 e. The summed E-state index contributed by atoms with van der Waals surface area (Å²) in [6, 6.07) is 20.7. The van der Waals surface area contributed by atoms with E-state index in [2.05, 4.69) is 10.2 Å². The molecule has 1 aliphatic heterocycles. The Morgan fingerprint density at radius 2 is 1.47 bits per heavy atom. The topological polar surface area (TPSA) is 76.3 Å². The minimum atomic E-state index is -0.370. The number of anilines is 1. The van der Waals surface area contributed by atoms with Crippen LogP contribution in [-0.2, 0) is 0 Å². The van der Waals surface area contributed by atoms with Crippen molar-refractivity contribution in [3.05, 3.63) is 99.7 Å². The Morgan fingerprint density at radius 3 is 2.09 bits per heavy atom. The number of rotatable bonds is 4. The average Bonchev–Trinajstić information content (AvgIpc) is 3.28. The molecule has 0 unspecified atom stereocenters. The Hall–Kier alpha value is -3.91. The molecule has 1 fully saturated rings. The van der Waals surface area contributed by atoms with Gasteiger partial charge in [-0.1, -0.05) is 48.0 Å². The third-order valence-electron chi connectivity index (χ3n) is 5.92. The lowest BCUT2D eigenvalue weighted by atomic mass is 10.2. The van der Waals surface area contributed by atoms with Crippen molar-refractivity contribution in [3.63, 3.8) is 0 Å². The highest BCUT2D eigenvalue weighted by Crippen LogP contribution is 2.23. The van der Waals surface area contributed by atoms with E-state index in [1.807, 2.05) is 66.4 Å². The van der Waals surface area contributed by atoms with Gasteiger partial charge in [0.05, 0.1) is 23.3 Å². The number of aryl methyl sites for hydroxylation is 1. The predicted octanol–water partition coefficient (Wildman–Crippen LogP) is 3.34. The van der Waals surface area contributed by atoms with Crippen molar-refractivity contribution in [2.45, 2.75) is 6.92 Å². The van der Waals surface area contributed by atoms with Gasteiger partial charge in [-0.15, -0.1) is 0 Å². The highest BCUT2D eigenvalue weighted by Gasteiger charge is 2.26. The molecule has 1 amide bonds. The van der Waals surface area contributed by atoms with Crippen molar-refractivity contribution in [3.8, 4) is 11.4 Å². The average molecular weight is 475 g/mol. The van der Waals surface area contributed by atoms with Crippen LogP contribution < -0.4 is 10.5 Å². The van der Waals surface area contributed by atoms with Gasteiger partial charge in [0.2, 0.25) is 0 Å². The summed E-state index contributed by atoms with van der Waals surface area (Å²) in [7, 11) is 0. The van der Waals surface area contributed by atoms with Crippen molar-refractivity contribution in [2.24, 2.45) is 0 Å². The van der Waals surface area contributed by atoms with E-state index >= 15 is 0 Å². The van der Waals surface area contributed by atoms with Gasteiger partial charge in [-0.25, -0.2) is 4.68 Å². The predicted molar refractivity (Wildman–Crippen MR) is 131 cm³/mol.